The highest BCUT2D eigenvalue weighted by Gasteiger charge is 2.12. The molecule has 1 heterocycles. The number of aromatic amines is 1. The fourth-order valence-corrected chi connectivity index (χ4v) is 2.01. The number of nitrogens with two attached hydrogens (primary N) is 1. The molecule has 0 aliphatic carbocycles. The number of anilines is 2. The van der Waals surface area contributed by atoms with Crippen molar-refractivity contribution in [2.24, 2.45) is 0 Å². The Morgan fingerprint density at radius 2 is 2.20 bits per heavy atom. The molecule has 108 valence electrons. The van der Waals surface area contributed by atoms with Crippen molar-refractivity contribution < 1.29 is 4.74 Å². The summed E-state index contributed by atoms with van der Waals surface area (Å²) >= 11 is 0. The van der Waals surface area contributed by atoms with Gasteiger partial charge in [-0.3, -0.25) is 0 Å². The highest BCUT2D eigenvalue weighted by Crippen LogP contribution is 2.29. The first-order valence-corrected chi connectivity index (χ1v) is 6.92. The Kier molecular flexibility index (Phi) is 4.50. The molecule has 2 aromatic rings. The summed E-state index contributed by atoms with van der Waals surface area (Å²) in [5.74, 6) is 1.63. The van der Waals surface area contributed by atoms with Crippen molar-refractivity contribution in [1.29, 1.82) is 0 Å². The van der Waals surface area contributed by atoms with Gasteiger partial charge >= 0.3 is 0 Å². The second kappa shape index (κ2) is 6.32. The van der Waals surface area contributed by atoms with E-state index in [2.05, 4.69) is 22.2 Å². The molecular formula is C15H22N4O. The molecule has 1 atom stereocenters. The van der Waals surface area contributed by atoms with Crippen LogP contribution in [0.5, 0.6) is 5.75 Å². The number of rotatable bonds is 6. The van der Waals surface area contributed by atoms with E-state index in [-0.39, 0.29) is 12.1 Å². The Hall–Kier alpha value is -2.17. The summed E-state index contributed by atoms with van der Waals surface area (Å²) in [5.41, 5.74) is 7.54. The van der Waals surface area contributed by atoms with E-state index in [1.54, 1.807) is 6.20 Å². The number of nitrogen functional groups attached to an aromatic ring is 1. The van der Waals surface area contributed by atoms with E-state index in [1.807, 2.05) is 38.2 Å². The van der Waals surface area contributed by atoms with Crippen LogP contribution < -0.4 is 15.8 Å². The van der Waals surface area contributed by atoms with Gasteiger partial charge in [-0.2, -0.15) is 0 Å². The van der Waals surface area contributed by atoms with E-state index in [1.165, 1.54) is 0 Å². The highest BCUT2D eigenvalue weighted by molar-refractivity contribution is 5.61. The third-order valence-corrected chi connectivity index (χ3v) is 2.97. The van der Waals surface area contributed by atoms with Crippen LogP contribution in [0, 0.1) is 0 Å². The molecule has 0 aliphatic rings. The standard InChI is InChI=1S/C15H22N4O/c1-4-13(15-17-7-8-18-15)19-11-5-6-12(16)14(9-11)20-10(2)3/h5-10,13,19H,4,16H2,1-3H3,(H,17,18). The van der Waals surface area contributed by atoms with Gasteiger partial charge in [0.25, 0.3) is 0 Å². The summed E-state index contributed by atoms with van der Waals surface area (Å²) < 4.78 is 5.70. The zero-order chi connectivity index (χ0) is 14.5. The van der Waals surface area contributed by atoms with Crippen molar-refractivity contribution in [3.05, 3.63) is 36.4 Å². The van der Waals surface area contributed by atoms with Crippen LogP contribution in [-0.2, 0) is 0 Å². The molecule has 1 unspecified atom stereocenters. The number of aromatic nitrogens is 2. The summed E-state index contributed by atoms with van der Waals surface area (Å²) in [6.45, 7) is 6.08. The van der Waals surface area contributed by atoms with Gasteiger partial charge in [-0.25, -0.2) is 4.98 Å². The number of imidazole rings is 1. The van der Waals surface area contributed by atoms with Gasteiger partial charge in [0.05, 0.1) is 17.8 Å². The Morgan fingerprint density at radius 3 is 2.80 bits per heavy atom. The minimum absolute atomic E-state index is 0.0968. The molecule has 0 amide bonds. The lowest BCUT2D eigenvalue weighted by molar-refractivity contribution is 0.244. The SMILES string of the molecule is CCC(Nc1ccc(N)c(OC(C)C)c1)c1ncc[nH]1. The number of ether oxygens (including phenoxy) is 1. The number of H-pyrrole nitrogens is 1. The maximum atomic E-state index is 5.92. The maximum Gasteiger partial charge on any atom is 0.144 e. The first kappa shape index (κ1) is 14.2. The zero-order valence-electron chi connectivity index (χ0n) is 12.2. The van der Waals surface area contributed by atoms with Crippen LogP contribution in [0.25, 0.3) is 0 Å². The zero-order valence-corrected chi connectivity index (χ0v) is 12.2. The quantitative estimate of drug-likeness (QED) is 0.706. The Bertz CT molecular complexity index is 537. The number of nitrogens with one attached hydrogen (secondary N) is 2. The van der Waals surface area contributed by atoms with Crippen LogP contribution in [0.3, 0.4) is 0 Å². The van der Waals surface area contributed by atoms with E-state index in [0.717, 1.165) is 17.9 Å². The summed E-state index contributed by atoms with van der Waals surface area (Å²) in [4.78, 5) is 7.44. The van der Waals surface area contributed by atoms with Crippen LogP contribution in [0.15, 0.2) is 30.6 Å². The number of hydrogen-bond donors (Lipinski definition) is 3. The minimum atomic E-state index is 0.0968. The molecule has 1 aromatic heterocycles. The smallest absolute Gasteiger partial charge is 0.144 e. The Labute approximate surface area is 119 Å². The molecule has 20 heavy (non-hydrogen) atoms. The lowest BCUT2D eigenvalue weighted by Gasteiger charge is -2.18. The van der Waals surface area contributed by atoms with Gasteiger partial charge in [-0.05, 0) is 32.4 Å². The second-order valence-corrected chi connectivity index (χ2v) is 5.00. The average molecular weight is 274 g/mol. The molecular weight excluding hydrogens is 252 g/mol. The van der Waals surface area contributed by atoms with Crippen molar-refractivity contribution in [2.75, 3.05) is 11.1 Å². The molecule has 0 fully saturated rings. The topological polar surface area (TPSA) is 76.0 Å². The van der Waals surface area contributed by atoms with Crippen molar-refractivity contribution in [1.82, 2.24) is 9.97 Å². The Morgan fingerprint density at radius 1 is 1.40 bits per heavy atom. The molecule has 0 spiro atoms. The van der Waals surface area contributed by atoms with E-state index >= 15 is 0 Å². The number of hydrogen-bond acceptors (Lipinski definition) is 4. The third kappa shape index (κ3) is 3.44. The Balaban J connectivity index is 2.16. The normalized spacial score (nSPS) is 12.4. The molecule has 0 saturated carbocycles. The molecule has 0 radical (unpaired) electrons. The van der Waals surface area contributed by atoms with E-state index < -0.39 is 0 Å². The summed E-state index contributed by atoms with van der Waals surface area (Å²) in [7, 11) is 0. The van der Waals surface area contributed by atoms with Crippen molar-refractivity contribution >= 4 is 11.4 Å². The molecule has 5 heteroatoms. The van der Waals surface area contributed by atoms with E-state index in [4.69, 9.17) is 10.5 Å². The monoisotopic (exact) mass is 274 g/mol. The van der Waals surface area contributed by atoms with Crippen molar-refractivity contribution in [3.63, 3.8) is 0 Å². The highest BCUT2D eigenvalue weighted by atomic mass is 16.5. The lowest BCUT2D eigenvalue weighted by atomic mass is 10.2. The molecule has 2 rings (SSSR count). The molecule has 5 nitrogen and oxygen atoms in total. The molecule has 0 aliphatic heterocycles. The van der Waals surface area contributed by atoms with E-state index in [0.29, 0.717) is 11.4 Å². The lowest BCUT2D eigenvalue weighted by Crippen LogP contribution is -2.12. The summed E-state index contributed by atoms with van der Waals surface area (Å²) in [6, 6.07) is 5.88. The van der Waals surface area contributed by atoms with E-state index in [9.17, 15) is 0 Å². The molecule has 1 aromatic carbocycles. The number of benzene rings is 1. The average Bonchev–Trinajstić information content (AvgIpc) is 2.93. The van der Waals surface area contributed by atoms with Gasteiger partial charge in [0, 0.05) is 24.1 Å². The van der Waals surface area contributed by atoms with Crippen molar-refractivity contribution in [2.45, 2.75) is 39.3 Å². The fraction of sp³-hybridized carbons (Fsp3) is 0.400. The summed E-state index contributed by atoms with van der Waals surface area (Å²) in [5, 5.41) is 3.44. The first-order valence-electron chi connectivity index (χ1n) is 6.92. The van der Waals surface area contributed by atoms with Gasteiger partial charge in [0.1, 0.15) is 11.6 Å². The van der Waals surface area contributed by atoms with Crippen LogP contribution in [-0.4, -0.2) is 16.1 Å². The van der Waals surface area contributed by atoms with Crippen LogP contribution in [0.4, 0.5) is 11.4 Å². The van der Waals surface area contributed by atoms with Crippen LogP contribution in [0.2, 0.25) is 0 Å². The molecule has 0 saturated heterocycles. The first-order chi connectivity index (χ1) is 9.60. The van der Waals surface area contributed by atoms with Gasteiger partial charge < -0.3 is 20.8 Å². The van der Waals surface area contributed by atoms with Crippen LogP contribution in [0.1, 0.15) is 39.1 Å². The fourth-order valence-electron chi connectivity index (χ4n) is 2.01. The van der Waals surface area contributed by atoms with Gasteiger partial charge in [-0.1, -0.05) is 6.92 Å². The van der Waals surface area contributed by atoms with Crippen molar-refractivity contribution in [3.8, 4) is 5.75 Å². The van der Waals surface area contributed by atoms with Crippen LogP contribution >= 0.6 is 0 Å². The molecule has 4 N–H and O–H groups in total. The molecule has 0 bridgehead atoms. The largest absolute Gasteiger partial charge is 0.489 e. The predicted molar refractivity (Wildman–Crippen MR) is 81.9 cm³/mol. The third-order valence-electron chi connectivity index (χ3n) is 2.97. The van der Waals surface area contributed by atoms with Gasteiger partial charge in [-0.15, -0.1) is 0 Å². The van der Waals surface area contributed by atoms with Gasteiger partial charge in [0.15, 0.2) is 0 Å². The predicted octanol–water partition coefficient (Wildman–Crippen LogP) is 3.34. The van der Waals surface area contributed by atoms with Gasteiger partial charge in [0.2, 0.25) is 0 Å². The second-order valence-electron chi connectivity index (χ2n) is 5.00. The maximum absolute atomic E-state index is 5.92. The number of nitrogens with zero attached hydrogens (tertiary/aromatic N) is 1. The summed E-state index contributed by atoms with van der Waals surface area (Å²) in [6.07, 6.45) is 4.61. The minimum Gasteiger partial charge on any atom is -0.489 e.